The molecule has 1 N–H and O–H groups in total. The standard InChI is InChI=1S/C34H53NO2.ClH/c1-4-5-6-7-8-9-10-11-12-13-14-15-16-17-21-24-33(34(37)31-25-27-32(36)28-26-31)35(2,3)29-30-22-19-18-20-23-30;/h18-20,22-23,25-28,33H,4-17,21,24,29H2,1-3H3;1H. The summed E-state index contributed by atoms with van der Waals surface area (Å²) in [4.78, 5) is 13.6. The number of hydrogen-bond donors (Lipinski definition) is 1. The Labute approximate surface area is 240 Å². The number of benzene rings is 2. The molecule has 0 bridgehead atoms. The van der Waals surface area contributed by atoms with Crippen LogP contribution in [0.2, 0.25) is 0 Å². The normalized spacial score (nSPS) is 12.2. The highest BCUT2D eigenvalue weighted by Crippen LogP contribution is 2.24. The molecule has 0 heterocycles. The van der Waals surface area contributed by atoms with E-state index < -0.39 is 0 Å². The zero-order valence-electron chi connectivity index (χ0n) is 24.5. The van der Waals surface area contributed by atoms with Crippen molar-refractivity contribution < 1.29 is 26.8 Å². The molecular formula is C34H54ClNO2. The summed E-state index contributed by atoms with van der Waals surface area (Å²) in [7, 11) is 4.36. The Bertz CT molecular complexity index is 851. The van der Waals surface area contributed by atoms with Gasteiger partial charge in [-0.15, -0.1) is 0 Å². The smallest absolute Gasteiger partial charge is 0.219 e. The van der Waals surface area contributed by atoms with Gasteiger partial charge in [-0.3, -0.25) is 4.79 Å². The maximum Gasteiger partial charge on any atom is 0.219 e. The second-order valence-electron chi connectivity index (χ2n) is 11.6. The molecule has 0 radical (unpaired) electrons. The molecular weight excluding hydrogens is 490 g/mol. The third-order valence-corrected chi connectivity index (χ3v) is 7.81. The van der Waals surface area contributed by atoms with Gasteiger partial charge >= 0.3 is 0 Å². The van der Waals surface area contributed by atoms with Crippen molar-refractivity contribution in [3.05, 3.63) is 65.7 Å². The van der Waals surface area contributed by atoms with Gasteiger partial charge in [0.2, 0.25) is 5.78 Å². The first kappa shape index (κ1) is 34.2. The number of hydrogen-bond acceptors (Lipinski definition) is 2. The van der Waals surface area contributed by atoms with Crippen LogP contribution in [0, 0.1) is 0 Å². The lowest BCUT2D eigenvalue weighted by Crippen LogP contribution is -3.00. The van der Waals surface area contributed by atoms with Gasteiger partial charge in [0, 0.05) is 17.5 Å². The second-order valence-corrected chi connectivity index (χ2v) is 11.6. The number of quaternary nitrogens is 1. The molecule has 1 unspecified atom stereocenters. The molecule has 38 heavy (non-hydrogen) atoms. The van der Waals surface area contributed by atoms with Gasteiger partial charge < -0.3 is 22.0 Å². The summed E-state index contributed by atoms with van der Waals surface area (Å²) >= 11 is 0. The summed E-state index contributed by atoms with van der Waals surface area (Å²) in [6.45, 7) is 3.11. The maximum atomic E-state index is 13.6. The average Bonchev–Trinajstić information content (AvgIpc) is 2.89. The van der Waals surface area contributed by atoms with E-state index >= 15 is 0 Å². The number of rotatable bonds is 21. The minimum absolute atomic E-state index is 0. The van der Waals surface area contributed by atoms with E-state index in [0.29, 0.717) is 10.0 Å². The lowest BCUT2D eigenvalue weighted by molar-refractivity contribution is -0.918. The fourth-order valence-corrected chi connectivity index (χ4v) is 5.49. The van der Waals surface area contributed by atoms with E-state index in [2.05, 4.69) is 45.3 Å². The average molecular weight is 544 g/mol. The molecule has 1 atom stereocenters. The Morgan fingerprint density at radius 2 is 1.13 bits per heavy atom. The molecule has 2 aromatic rings. The van der Waals surface area contributed by atoms with Crippen LogP contribution in [0.5, 0.6) is 5.75 Å². The number of carbonyl (C=O) groups excluding carboxylic acids is 1. The number of likely N-dealkylation sites (N-methyl/N-ethyl adjacent to an activating group) is 1. The highest BCUT2D eigenvalue weighted by molar-refractivity contribution is 5.99. The van der Waals surface area contributed by atoms with Crippen molar-refractivity contribution in [1.29, 1.82) is 0 Å². The molecule has 3 nitrogen and oxygen atoms in total. The lowest BCUT2D eigenvalue weighted by atomic mass is 9.95. The van der Waals surface area contributed by atoms with Crippen molar-refractivity contribution in [2.75, 3.05) is 14.1 Å². The Kier molecular flexibility index (Phi) is 18.1. The van der Waals surface area contributed by atoms with Crippen LogP contribution in [0.4, 0.5) is 0 Å². The Balaban J connectivity index is 0.00000722. The molecule has 0 aliphatic rings. The first-order valence-electron chi connectivity index (χ1n) is 15.1. The van der Waals surface area contributed by atoms with Crippen molar-refractivity contribution in [2.24, 2.45) is 0 Å². The predicted octanol–water partition coefficient (Wildman–Crippen LogP) is 6.49. The largest absolute Gasteiger partial charge is 1.00 e. The minimum atomic E-state index is -0.0910. The van der Waals surface area contributed by atoms with Crippen LogP contribution in [0.1, 0.15) is 126 Å². The van der Waals surface area contributed by atoms with Crippen molar-refractivity contribution in [3.63, 3.8) is 0 Å². The number of phenols is 1. The number of carbonyl (C=O) groups is 1. The Morgan fingerprint density at radius 1 is 0.684 bits per heavy atom. The zero-order valence-corrected chi connectivity index (χ0v) is 25.2. The highest BCUT2D eigenvalue weighted by atomic mass is 35.5. The highest BCUT2D eigenvalue weighted by Gasteiger charge is 2.35. The van der Waals surface area contributed by atoms with E-state index in [4.69, 9.17) is 0 Å². The van der Waals surface area contributed by atoms with Gasteiger partial charge in [-0.2, -0.15) is 0 Å². The van der Waals surface area contributed by atoms with E-state index in [1.807, 2.05) is 6.07 Å². The predicted molar refractivity (Wildman–Crippen MR) is 158 cm³/mol. The Morgan fingerprint density at radius 3 is 1.61 bits per heavy atom. The van der Waals surface area contributed by atoms with Gasteiger partial charge in [-0.25, -0.2) is 0 Å². The van der Waals surface area contributed by atoms with Gasteiger partial charge in [-0.1, -0.05) is 127 Å². The van der Waals surface area contributed by atoms with Crippen molar-refractivity contribution in [2.45, 2.75) is 122 Å². The van der Waals surface area contributed by atoms with E-state index in [9.17, 15) is 9.90 Å². The summed E-state index contributed by atoms with van der Waals surface area (Å²) in [6.07, 6.45) is 21.1. The second kappa shape index (κ2) is 20.1. The summed E-state index contributed by atoms with van der Waals surface area (Å²) in [6, 6.07) is 17.2. The first-order chi connectivity index (χ1) is 17.9. The molecule has 0 fully saturated rings. The number of aromatic hydroxyl groups is 1. The van der Waals surface area contributed by atoms with E-state index in [0.717, 1.165) is 19.4 Å². The number of phenolic OH excluding ortho intramolecular Hbond substituents is 1. The Hall–Kier alpha value is -1.84. The van der Waals surface area contributed by atoms with Crippen molar-refractivity contribution >= 4 is 5.78 Å². The third-order valence-electron chi connectivity index (χ3n) is 7.81. The van der Waals surface area contributed by atoms with Crippen LogP contribution < -0.4 is 12.4 Å². The molecule has 4 heteroatoms. The SMILES string of the molecule is CCCCCCCCCCCCCCCCCC(C(=O)c1ccc(O)cc1)[N+](C)(C)Cc1ccccc1.[Cl-]. The number of nitrogens with zero attached hydrogens (tertiary/aromatic N) is 1. The van der Waals surface area contributed by atoms with E-state index in [1.165, 1.54) is 95.5 Å². The number of ketones is 1. The quantitative estimate of drug-likeness (QED) is 0.111. The van der Waals surface area contributed by atoms with Crippen LogP contribution >= 0.6 is 0 Å². The fraction of sp³-hybridized carbons (Fsp3) is 0.618. The monoisotopic (exact) mass is 543 g/mol. The van der Waals surface area contributed by atoms with Crippen LogP contribution in [-0.4, -0.2) is 35.5 Å². The minimum Gasteiger partial charge on any atom is -1.00 e. The number of Topliss-reactive ketones (excluding diaryl/α,β-unsaturated/α-hetero) is 1. The van der Waals surface area contributed by atoms with E-state index in [-0.39, 0.29) is 30.0 Å². The van der Waals surface area contributed by atoms with Gasteiger partial charge in [0.15, 0.2) is 6.04 Å². The zero-order chi connectivity index (χ0) is 26.8. The molecule has 2 aromatic carbocycles. The topological polar surface area (TPSA) is 37.3 Å². The van der Waals surface area contributed by atoms with Gasteiger partial charge in [-0.05, 0) is 30.7 Å². The van der Waals surface area contributed by atoms with Crippen LogP contribution in [0.3, 0.4) is 0 Å². The summed E-state index contributed by atoms with van der Waals surface area (Å²) in [5, 5.41) is 9.67. The molecule has 2 rings (SSSR count). The third kappa shape index (κ3) is 13.8. The summed E-state index contributed by atoms with van der Waals surface area (Å²) in [5.74, 6) is 0.389. The van der Waals surface area contributed by atoms with Crippen molar-refractivity contribution in [1.82, 2.24) is 0 Å². The molecule has 0 aliphatic heterocycles. The van der Waals surface area contributed by atoms with Gasteiger partial charge in [0.1, 0.15) is 12.3 Å². The molecule has 0 aliphatic carbocycles. The molecule has 0 saturated heterocycles. The molecule has 0 amide bonds. The van der Waals surface area contributed by atoms with Crippen LogP contribution in [-0.2, 0) is 6.54 Å². The maximum absolute atomic E-state index is 13.6. The van der Waals surface area contributed by atoms with Gasteiger partial charge in [0.05, 0.1) is 14.1 Å². The summed E-state index contributed by atoms with van der Waals surface area (Å²) < 4.78 is 0.641. The first-order valence-corrected chi connectivity index (χ1v) is 15.1. The van der Waals surface area contributed by atoms with E-state index in [1.54, 1.807) is 24.3 Å². The molecule has 0 spiro atoms. The van der Waals surface area contributed by atoms with Crippen LogP contribution in [0.25, 0.3) is 0 Å². The lowest BCUT2D eigenvalue weighted by Gasteiger charge is -2.37. The fourth-order valence-electron chi connectivity index (χ4n) is 5.49. The molecule has 214 valence electrons. The molecule has 0 saturated carbocycles. The van der Waals surface area contributed by atoms with Crippen molar-refractivity contribution in [3.8, 4) is 5.75 Å². The number of halogens is 1. The van der Waals surface area contributed by atoms with Gasteiger partial charge in [0.25, 0.3) is 0 Å². The molecule has 0 aromatic heterocycles. The van der Waals surface area contributed by atoms with Crippen LogP contribution in [0.15, 0.2) is 54.6 Å². The number of unbranched alkanes of at least 4 members (excludes halogenated alkanes) is 14. The summed E-state index contributed by atoms with van der Waals surface area (Å²) in [5.41, 5.74) is 1.95.